The van der Waals surface area contributed by atoms with Gasteiger partial charge in [0.1, 0.15) is 5.75 Å². The number of hydrogen-bond acceptors (Lipinski definition) is 7. The van der Waals surface area contributed by atoms with Crippen LogP contribution in [0, 0.1) is 11.3 Å². The Kier molecular flexibility index (Phi) is 8.77. The minimum Gasteiger partial charge on any atom is -0.494 e. The molecule has 8 heteroatoms. The quantitative estimate of drug-likeness (QED) is 0.527. The van der Waals surface area contributed by atoms with Gasteiger partial charge in [-0.3, -0.25) is 4.79 Å². The number of carbonyl (C=O) groups is 2. The second kappa shape index (κ2) is 12.0. The molecule has 0 spiro atoms. The molecule has 1 aliphatic heterocycles. The number of hydrogen-bond donors (Lipinski definition) is 2. The van der Waals surface area contributed by atoms with E-state index in [0.29, 0.717) is 46.3 Å². The lowest BCUT2D eigenvalue weighted by molar-refractivity contribution is -0.136. The highest BCUT2D eigenvalue weighted by Gasteiger charge is 2.36. The minimum absolute atomic E-state index is 0.112. The largest absolute Gasteiger partial charge is 0.494 e. The molecule has 2 aromatic carbocycles. The van der Waals surface area contributed by atoms with Gasteiger partial charge >= 0.3 is 5.97 Å². The first-order valence-corrected chi connectivity index (χ1v) is 11.8. The van der Waals surface area contributed by atoms with Crippen molar-refractivity contribution in [3.63, 3.8) is 0 Å². The van der Waals surface area contributed by atoms with Gasteiger partial charge in [-0.05, 0) is 25.5 Å². The van der Waals surface area contributed by atoms with Crippen molar-refractivity contribution in [1.29, 1.82) is 5.26 Å². The van der Waals surface area contributed by atoms with E-state index in [2.05, 4.69) is 16.7 Å². The van der Waals surface area contributed by atoms with Gasteiger partial charge < -0.3 is 20.1 Å². The van der Waals surface area contributed by atoms with Crippen molar-refractivity contribution in [1.82, 2.24) is 10.6 Å². The average molecular weight is 478 g/mol. The lowest BCUT2D eigenvalue weighted by Gasteiger charge is -2.30. The molecule has 3 rings (SSSR count). The number of nitriles is 1. The van der Waals surface area contributed by atoms with E-state index in [-0.39, 0.29) is 11.7 Å². The Morgan fingerprint density at radius 1 is 1.15 bits per heavy atom. The molecular formula is C26H27N3O4S. The van der Waals surface area contributed by atoms with Crippen LogP contribution in [0.4, 0.5) is 0 Å². The molecule has 0 fully saturated rings. The Labute approximate surface area is 203 Å². The maximum atomic E-state index is 12.7. The van der Waals surface area contributed by atoms with Gasteiger partial charge in [0.05, 0.1) is 47.6 Å². The van der Waals surface area contributed by atoms with E-state index in [4.69, 9.17) is 9.47 Å². The molecule has 7 nitrogen and oxygen atoms in total. The third-order valence-corrected chi connectivity index (χ3v) is 6.28. The zero-order valence-corrected chi connectivity index (χ0v) is 20.2. The average Bonchev–Trinajstić information content (AvgIpc) is 2.86. The van der Waals surface area contributed by atoms with Crippen LogP contribution in [0.1, 0.15) is 30.9 Å². The van der Waals surface area contributed by atoms with E-state index in [9.17, 15) is 14.9 Å². The molecule has 1 heterocycles. The molecule has 0 saturated carbocycles. The molecule has 0 unspecified atom stereocenters. The van der Waals surface area contributed by atoms with Gasteiger partial charge in [-0.15, -0.1) is 0 Å². The topological polar surface area (TPSA) is 100 Å². The fraction of sp³-hybridized carbons (Fsp3) is 0.269. The molecule has 1 aliphatic rings. The van der Waals surface area contributed by atoms with Crippen LogP contribution in [0.5, 0.6) is 5.75 Å². The molecule has 1 amide bonds. The molecule has 0 saturated heterocycles. The number of allylic oxidation sites excluding steroid dienone is 2. The second-order valence-corrected chi connectivity index (χ2v) is 8.45. The number of para-hydroxylation sites is 1. The first-order chi connectivity index (χ1) is 16.5. The summed E-state index contributed by atoms with van der Waals surface area (Å²) in [5.74, 6) is -0.674. The van der Waals surface area contributed by atoms with Crippen molar-refractivity contribution in [3.8, 4) is 11.8 Å². The van der Waals surface area contributed by atoms with E-state index >= 15 is 0 Å². The molecule has 34 heavy (non-hydrogen) atoms. The Hall–Kier alpha value is -3.70. The summed E-state index contributed by atoms with van der Waals surface area (Å²) in [5.41, 5.74) is 2.92. The standard InChI is InChI=1S/C26H27N3O4S/c1-4-33-21-13-9-8-12-19(21)24-20(14-27)25(29-17(2)23(24)26(31)32-3)34-16-22(30)28-15-18-10-6-5-7-11-18/h5-13,24,29H,4,15-16H2,1-3H3,(H,28,30)/t24-/m1/s1. The number of amides is 1. The minimum atomic E-state index is -0.684. The van der Waals surface area contributed by atoms with Gasteiger partial charge in [0.15, 0.2) is 0 Å². The van der Waals surface area contributed by atoms with E-state index in [1.165, 1.54) is 18.9 Å². The fourth-order valence-corrected chi connectivity index (χ4v) is 4.63. The van der Waals surface area contributed by atoms with Gasteiger partial charge in [0, 0.05) is 17.8 Å². The summed E-state index contributed by atoms with van der Waals surface area (Å²) < 4.78 is 10.8. The van der Waals surface area contributed by atoms with Crippen molar-refractivity contribution in [3.05, 3.63) is 87.6 Å². The molecule has 0 radical (unpaired) electrons. The zero-order chi connectivity index (χ0) is 24.5. The molecule has 1 atom stereocenters. The number of rotatable bonds is 9. The number of thioether (sulfide) groups is 1. The molecule has 2 aromatic rings. The number of nitrogens with one attached hydrogen (secondary N) is 2. The smallest absolute Gasteiger partial charge is 0.336 e. The predicted molar refractivity (Wildman–Crippen MR) is 132 cm³/mol. The van der Waals surface area contributed by atoms with Gasteiger partial charge in [-0.25, -0.2) is 4.79 Å². The van der Waals surface area contributed by atoms with Crippen LogP contribution in [0.25, 0.3) is 0 Å². The van der Waals surface area contributed by atoms with Crippen LogP contribution in [0.2, 0.25) is 0 Å². The molecule has 0 aromatic heterocycles. The number of benzene rings is 2. The number of nitrogens with zero attached hydrogens (tertiary/aromatic N) is 1. The first kappa shape index (κ1) is 24.9. The molecule has 2 N–H and O–H groups in total. The van der Waals surface area contributed by atoms with E-state index in [1.807, 2.05) is 61.5 Å². The van der Waals surface area contributed by atoms with E-state index in [1.54, 1.807) is 6.92 Å². The van der Waals surface area contributed by atoms with Crippen LogP contribution in [0.15, 0.2) is 76.5 Å². The van der Waals surface area contributed by atoms with Crippen LogP contribution >= 0.6 is 11.8 Å². The third-order valence-electron chi connectivity index (χ3n) is 5.26. The van der Waals surface area contributed by atoms with Gasteiger partial charge in [0.25, 0.3) is 0 Å². The Morgan fingerprint density at radius 3 is 2.53 bits per heavy atom. The molecule has 176 valence electrons. The zero-order valence-electron chi connectivity index (χ0n) is 19.4. The highest BCUT2D eigenvalue weighted by Crippen LogP contribution is 2.43. The summed E-state index contributed by atoms with van der Waals surface area (Å²) in [6, 6.07) is 19.2. The first-order valence-electron chi connectivity index (χ1n) is 10.9. The van der Waals surface area contributed by atoms with Crippen LogP contribution in [-0.2, 0) is 20.9 Å². The predicted octanol–water partition coefficient (Wildman–Crippen LogP) is 4.00. The third kappa shape index (κ3) is 5.80. The van der Waals surface area contributed by atoms with E-state index in [0.717, 1.165) is 5.56 Å². The van der Waals surface area contributed by atoms with Crippen LogP contribution < -0.4 is 15.4 Å². The normalized spacial score (nSPS) is 15.3. The Balaban J connectivity index is 1.89. The van der Waals surface area contributed by atoms with Gasteiger partial charge in [-0.1, -0.05) is 60.3 Å². The maximum Gasteiger partial charge on any atom is 0.336 e. The van der Waals surface area contributed by atoms with Crippen LogP contribution in [0.3, 0.4) is 0 Å². The summed E-state index contributed by atoms with van der Waals surface area (Å²) in [4.78, 5) is 25.2. The van der Waals surface area contributed by atoms with Gasteiger partial charge in [0.2, 0.25) is 5.91 Å². The summed E-state index contributed by atoms with van der Waals surface area (Å²) in [6.07, 6.45) is 0. The SMILES string of the molecule is CCOc1ccccc1[C@@H]1C(C#N)=C(SCC(=O)NCc2ccccc2)NC(C)=C1C(=O)OC. The fourth-order valence-electron chi connectivity index (χ4n) is 3.71. The Morgan fingerprint density at radius 2 is 1.85 bits per heavy atom. The molecule has 0 aliphatic carbocycles. The number of esters is 1. The van der Waals surface area contributed by atoms with Crippen molar-refractivity contribution in [2.45, 2.75) is 26.3 Å². The second-order valence-electron chi connectivity index (χ2n) is 7.46. The summed E-state index contributed by atoms with van der Waals surface area (Å²) in [6.45, 7) is 4.49. The Bertz CT molecular complexity index is 1150. The number of ether oxygens (including phenoxy) is 2. The molecule has 0 bridgehead atoms. The maximum absolute atomic E-state index is 12.7. The van der Waals surface area contributed by atoms with Crippen molar-refractivity contribution >= 4 is 23.6 Å². The number of methoxy groups -OCH3 is 1. The summed E-state index contributed by atoms with van der Waals surface area (Å²) in [7, 11) is 1.31. The highest BCUT2D eigenvalue weighted by molar-refractivity contribution is 8.03. The van der Waals surface area contributed by atoms with E-state index < -0.39 is 11.9 Å². The number of dihydropyridines is 1. The lowest BCUT2D eigenvalue weighted by Crippen LogP contribution is -2.30. The molecular weight excluding hydrogens is 450 g/mol. The highest BCUT2D eigenvalue weighted by atomic mass is 32.2. The van der Waals surface area contributed by atoms with Crippen LogP contribution in [-0.4, -0.2) is 31.3 Å². The van der Waals surface area contributed by atoms with Crippen molar-refractivity contribution in [2.75, 3.05) is 19.5 Å². The summed E-state index contributed by atoms with van der Waals surface area (Å²) in [5, 5.41) is 16.7. The van der Waals surface area contributed by atoms with Crippen molar-refractivity contribution in [2.24, 2.45) is 0 Å². The summed E-state index contributed by atoms with van der Waals surface area (Å²) >= 11 is 1.22. The lowest BCUT2D eigenvalue weighted by atomic mass is 9.82. The number of carbonyl (C=O) groups excluding carboxylic acids is 2. The van der Waals surface area contributed by atoms with Gasteiger partial charge in [-0.2, -0.15) is 5.26 Å². The monoisotopic (exact) mass is 477 g/mol. The van der Waals surface area contributed by atoms with Crippen molar-refractivity contribution < 1.29 is 19.1 Å².